The SMILES string of the molecule is CCOC(=O)C(CC)Oc1cc(C=O)ccc1OC. The fourth-order valence-corrected chi connectivity index (χ4v) is 1.55. The third-order valence-electron chi connectivity index (χ3n) is 2.51. The Morgan fingerprint density at radius 1 is 1.32 bits per heavy atom. The van der Waals surface area contributed by atoms with E-state index in [9.17, 15) is 9.59 Å². The predicted molar refractivity (Wildman–Crippen MR) is 69.7 cm³/mol. The molecule has 0 saturated heterocycles. The fraction of sp³-hybridized carbons (Fsp3) is 0.429. The number of ether oxygens (including phenoxy) is 3. The minimum absolute atomic E-state index is 0.296. The van der Waals surface area contributed by atoms with Gasteiger partial charge in [0.1, 0.15) is 6.29 Å². The molecule has 1 atom stereocenters. The van der Waals surface area contributed by atoms with Gasteiger partial charge in [-0.05, 0) is 31.5 Å². The van der Waals surface area contributed by atoms with E-state index in [-0.39, 0.29) is 0 Å². The maximum Gasteiger partial charge on any atom is 0.347 e. The van der Waals surface area contributed by atoms with E-state index in [4.69, 9.17) is 14.2 Å². The average Bonchev–Trinajstić information content (AvgIpc) is 2.44. The summed E-state index contributed by atoms with van der Waals surface area (Å²) in [6, 6.07) is 4.77. The third-order valence-corrected chi connectivity index (χ3v) is 2.51. The van der Waals surface area contributed by atoms with Crippen molar-refractivity contribution in [2.75, 3.05) is 13.7 Å². The molecule has 0 aromatic heterocycles. The first kappa shape index (κ1) is 15.0. The molecule has 19 heavy (non-hydrogen) atoms. The molecule has 1 unspecified atom stereocenters. The number of hydrogen-bond acceptors (Lipinski definition) is 5. The van der Waals surface area contributed by atoms with Crippen LogP contribution in [-0.4, -0.2) is 32.1 Å². The van der Waals surface area contributed by atoms with Crippen molar-refractivity contribution in [2.45, 2.75) is 26.4 Å². The molecule has 0 radical (unpaired) electrons. The van der Waals surface area contributed by atoms with Crippen molar-refractivity contribution in [1.29, 1.82) is 0 Å². The highest BCUT2D eigenvalue weighted by atomic mass is 16.6. The zero-order chi connectivity index (χ0) is 14.3. The van der Waals surface area contributed by atoms with Crippen molar-refractivity contribution in [3.63, 3.8) is 0 Å². The van der Waals surface area contributed by atoms with E-state index < -0.39 is 12.1 Å². The van der Waals surface area contributed by atoms with Gasteiger partial charge in [0.25, 0.3) is 0 Å². The Labute approximate surface area is 112 Å². The number of rotatable bonds is 7. The second-order valence-electron chi connectivity index (χ2n) is 3.79. The molecule has 0 N–H and O–H groups in total. The first-order chi connectivity index (χ1) is 9.15. The van der Waals surface area contributed by atoms with Crippen LogP contribution in [-0.2, 0) is 9.53 Å². The quantitative estimate of drug-likeness (QED) is 0.559. The third kappa shape index (κ3) is 3.98. The van der Waals surface area contributed by atoms with Gasteiger partial charge in [-0.1, -0.05) is 6.92 Å². The molecule has 1 aromatic rings. The van der Waals surface area contributed by atoms with Gasteiger partial charge in [-0.25, -0.2) is 4.79 Å². The molecule has 0 amide bonds. The van der Waals surface area contributed by atoms with Crippen LogP contribution in [0.25, 0.3) is 0 Å². The van der Waals surface area contributed by atoms with Crippen molar-refractivity contribution >= 4 is 12.3 Å². The van der Waals surface area contributed by atoms with Crippen molar-refractivity contribution in [1.82, 2.24) is 0 Å². The summed E-state index contributed by atoms with van der Waals surface area (Å²) < 4.78 is 15.6. The normalized spacial score (nSPS) is 11.5. The first-order valence-corrected chi connectivity index (χ1v) is 6.12. The molecule has 0 spiro atoms. The standard InChI is InChI=1S/C14H18O5/c1-4-11(14(16)18-5-2)19-13-8-10(9-15)6-7-12(13)17-3/h6-9,11H,4-5H2,1-3H3. The second-order valence-corrected chi connectivity index (χ2v) is 3.79. The van der Waals surface area contributed by atoms with Gasteiger partial charge in [0.15, 0.2) is 17.6 Å². The highest BCUT2D eigenvalue weighted by molar-refractivity contribution is 5.77. The molecule has 5 nitrogen and oxygen atoms in total. The van der Waals surface area contributed by atoms with Gasteiger partial charge >= 0.3 is 5.97 Å². The predicted octanol–water partition coefficient (Wildman–Crippen LogP) is 2.23. The lowest BCUT2D eigenvalue weighted by Gasteiger charge is -2.18. The monoisotopic (exact) mass is 266 g/mol. The largest absolute Gasteiger partial charge is 0.493 e. The molecular formula is C14H18O5. The van der Waals surface area contributed by atoms with Crippen LogP contribution in [0.3, 0.4) is 0 Å². The number of benzene rings is 1. The Hall–Kier alpha value is -2.04. The van der Waals surface area contributed by atoms with Gasteiger partial charge in [0.2, 0.25) is 0 Å². The van der Waals surface area contributed by atoms with Crippen molar-refractivity contribution in [3.8, 4) is 11.5 Å². The number of methoxy groups -OCH3 is 1. The van der Waals surface area contributed by atoms with E-state index in [0.717, 1.165) is 0 Å². The molecule has 0 aliphatic rings. The summed E-state index contributed by atoms with van der Waals surface area (Å²) in [7, 11) is 1.49. The molecular weight excluding hydrogens is 248 g/mol. The van der Waals surface area contributed by atoms with Crippen LogP contribution in [0.2, 0.25) is 0 Å². The molecule has 0 fully saturated rings. The average molecular weight is 266 g/mol. The van der Waals surface area contributed by atoms with E-state index in [1.54, 1.807) is 19.1 Å². The fourth-order valence-electron chi connectivity index (χ4n) is 1.55. The van der Waals surface area contributed by atoms with Crippen molar-refractivity contribution < 1.29 is 23.8 Å². The van der Waals surface area contributed by atoms with Crippen LogP contribution in [0, 0.1) is 0 Å². The lowest BCUT2D eigenvalue weighted by molar-refractivity contribution is -0.151. The van der Waals surface area contributed by atoms with Crippen molar-refractivity contribution in [3.05, 3.63) is 23.8 Å². The van der Waals surface area contributed by atoms with Crippen LogP contribution in [0.1, 0.15) is 30.6 Å². The van der Waals surface area contributed by atoms with Crippen LogP contribution in [0.15, 0.2) is 18.2 Å². The second kappa shape index (κ2) is 7.41. The number of esters is 1. The van der Waals surface area contributed by atoms with E-state index in [2.05, 4.69) is 0 Å². The Bertz CT molecular complexity index is 441. The molecule has 0 aliphatic carbocycles. The number of hydrogen-bond donors (Lipinski definition) is 0. The molecule has 0 aliphatic heterocycles. The van der Waals surface area contributed by atoms with Gasteiger partial charge in [-0.2, -0.15) is 0 Å². The Morgan fingerprint density at radius 2 is 2.05 bits per heavy atom. The molecule has 1 aromatic carbocycles. The lowest BCUT2D eigenvalue weighted by Crippen LogP contribution is -2.28. The van der Waals surface area contributed by atoms with E-state index >= 15 is 0 Å². The Kier molecular flexibility index (Phi) is 5.85. The highest BCUT2D eigenvalue weighted by Crippen LogP contribution is 2.29. The number of carbonyl (C=O) groups excluding carboxylic acids is 2. The highest BCUT2D eigenvalue weighted by Gasteiger charge is 2.21. The smallest absolute Gasteiger partial charge is 0.347 e. The zero-order valence-electron chi connectivity index (χ0n) is 11.3. The van der Waals surface area contributed by atoms with Gasteiger partial charge in [0.05, 0.1) is 13.7 Å². The molecule has 1 rings (SSSR count). The van der Waals surface area contributed by atoms with Crippen LogP contribution in [0.5, 0.6) is 11.5 Å². The van der Waals surface area contributed by atoms with Crippen LogP contribution in [0.4, 0.5) is 0 Å². The van der Waals surface area contributed by atoms with Crippen LogP contribution < -0.4 is 9.47 Å². The number of carbonyl (C=O) groups is 2. The summed E-state index contributed by atoms with van der Waals surface area (Å²) in [5.41, 5.74) is 0.453. The molecule has 104 valence electrons. The molecule has 0 bridgehead atoms. The number of aldehydes is 1. The van der Waals surface area contributed by atoms with E-state index in [1.807, 2.05) is 6.92 Å². The summed E-state index contributed by atoms with van der Waals surface area (Å²) in [5.74, 6) is 0.393. The first-order valence-electron chi connectivity index (χ1n) is 6.12. The minimum atomic E-state index is -0.712. The Balaban J connectivity index is 2.94. The maximum atomic E-state index is 11.7. The molecule has 5 heteroatoms. The maximum absolute atomic E-state index is 11.7. The van der Waals surface area contributed by atoms with Gasteiger partial charge in [0, 0.05) is 5.56 Å². The summed E-state index contributed by atoms with van der Waals surface area (Å²) in [4.78, 5) is 22.4. The van der Waals surface area contributed by atoms with Crippen molar-refractivity contribution in [2.24, 2.45) is 0 Å². The summed E-state index contributed by atoms with van der Waals surface area (Å²) in [6.45, 7) is 3.85. The summed E-state index contributed by atoms with van der Waals surface area (Å²) in [5, 5.41) is 0. The van der Waals surface area contributed by atoms with Gasteiger partial charge in [-0.15, -0.1) is 0 Å². The molecule has 0 saturated carbocycles. The van der Waals surface area contributed by atoms with E-state index in [1.165, 1.54) is 13.2 Å². The van der Waals surface area contributed by atoms with Gasteiger partial charge < -0.3 is 14.2 Å². The zero-order valence-corrected chi connectivity index (χ0v) is 11.3. The topological polar surface area (TPSA) is 61.8 Å². The van der Waals surface area contributed by atoms with Crippen LogP contribution >= 0.6 is 0 Å². The summed E-state index contributed by atoms with van der Waals surface area (Å²) in [6.07, 6.45) is 0.459. The molecule has 0 heterocycles. The van der Waals surface area contributed by atoms with Gasteiger partial charge in [-0.3, -0.25) is 4.79 Å². The Morgan fingerprint density at radius 3 is 2.58 bits per heavy atom. The summed E-state index contributed by atoms with van der Waals surface area (Å²) >= 11 is 0. The lowest BCUT2D eigenvalue weighted by atomic mass is 10.2. The minimum Gasteiger partial charge on any atom is -0.493 e. The van der Waals surface area contributed by atoms with E-state index in [0.29, 0.717) is 36.4 Å².